The van der Waals surface area contributed by atoms with Crippen molar-refractivity contribution in [3.8, 4) is 0 Å². The molecule has 0 aromatic carbocycles. The Labute approximate surface area is 71.6 Å². The number of hydrogen-bond acceptors (Lipinski definition) is 4. The SMILES string of the molecule is O=C=Nc1ncc2c(=O)[nH]ccn12. The number of H-pyrrole nitrogens is 1. The molecule has 0 aliphatic rings. The maximum Gasteiger partial charge on any atom is 0.273 e. The van der Waals surface area contributed by atoms with E-state index in [0.717, 1.165) is 0 Å². The average molecular weight is 176 g/mol. The van der Waals surface area contributed by atoms with Crippen molar-refractivity contribution < 1.29 is 4.79 Å². The minimum atomic E-state index is -0.276. The molecule has 0 saturated carbocycles. The highest BCUT2D eigenvalue weighted by Crippen LogP contribution is 2.08. The first-order chi connectivity index (χ1) is 6.33. The zero-order valence-corrected chi connectivity index (χ0v) is 6.39. The van der Waals surface area contributed by atoms with Gasteiger partial charge in [-0.2, -0.15) is 0 Å². The minimum Gasteiger partial charge on any atom is -0.326 e. The Balaban J connectivity index is 2.90. The van der Waals surface area contributed by atoms with Gasteiger partial charge >= 0.3 is 0 Å². The van der Waals surface area contributed by atoms with Crippen LogP contribution in [0.5, 0.6) is 0 Å². The van der Waals surface area contributed by atoms with E-state index in [-0.39, 0.29) is 11.5 Å². The smallest absolute Gasteiger partial charge is 0.273 e. The van der Waals surface area contributed by atoms with Gasteiger partial charge in [0.25, 0.3) is 5.56 Å². The van der Waals surface area contributed by atoms with E-state index in [4.69, 9.17) is 0 Å². The predicted octanol–water partition coefficient (Wildman–Crippen LogP) is -0.0101. The lowest BCUT2D eigenvalue weighted by molar-refractivity contribution is 0.565. The van der Waals surface area contributed by atoms with Crippen LogP contribution in [-0.4, -0.2) is 20.4 Å². The molecule has 2 aromatic rings. The molecule has 1 N–H and O–H groups in total. The fourth-order valence-corrected chi connectivity index (χ4v) is 1.05. The highest BCUT2D eigenvalue weighted by Gasteiger charge is 2.03. The Hall–Kier alpha value is -2.20. The third kappa shape index (κ3) is 1.05. The van der Waals surface area contributed by atoms with Gasteiger partial charge in [-0.25, -0.2) is 9.78 Å². The summed E-state index contributed by atoms with van der Waals surface area (Å²) < 4.78 is 1.41. The van der Waals surface area contributed by atoms with Crippen molar-refractivity contribution in [1.29, 1.82) is 0 Å². The van der Waals surface area contributed by atoms with Crippen molar-refractivity contribution in [3.05, 3.63) is 28.9 Å². The van der Waals surface area contributed by atoms with Crippen molar-refractivity contribution >= 4 is 17.5 Å². The van der Waals surface area contributed by atoms with Crippen LogP contribution in [-0.2, 0) is 4.79 Å². The molecule has 0 spiro atoms. The molecular weight excluding hydrogens is 172 g/mol. The molecule has 13 heavy (non-hydrogen) atoms. The van der Waals surface area contributed by atoms with Crippen molar-refractivity contribution in [2.75, 3.05) is 0 Å². The number of isocyanates is 1. The number of hydrogen-bond donors (Lipinski definition) is 1. The average Bonchev–Trinajstić information content (AvgIpc) is 2.51. The Morgan fingerprint density at radius 1 is 1.62 bits per heavy atom. The van der Waals surface area contributed by atoms with Gasteiger partial charge in [-0.3, -0.25) is 9.20 Å². The van der Waals surface area contributed by atoms with E-state index in [1.165, 1.54) is 22.9 Å². The first-order valence-electron chi connectivity index (χ1n) is 3.45. The lowest BCUT2D eigenvalue weighted by Gasteiger charge is -1.90. The highest BCUT2D eigenvalue weighted by molar-refractivity contribution is 5.51. The normalized spacial score (nSPS) is 9.85. The maximum atomic E-state index is 11.1. The van der Waals surface area contributed by atoms with Gasteiger partial charge in [0.2, 0.25) is 12.0 Å². The number of aromatic nitrogens is 3. The van der Waals surface area contributed by atoms with Gasteiger partial charge in [-0.1, -0.05) is 0 Å². The molecule has 6 nitrogen and oxygen atoms in total. The summed E-state index contributed by atoms with van der Waals surface area (Å²) in [5, 5.41) is 0. The van der Waals surface area contributed by atoms with Crippen LogP contribution in [0.3, 0.4) is 0 Å². The standard InChI is InChI=1S/C7H4N4O2/c12-4-10-7-9-3-5-6(13)8-1-2-11(5)7/h1-3H,(H,8,13). The van der Waals surface area contributed by atoms with E-state index in [2.05, 4.69) is 15.0 Å². The molecule has 0 unspecified atom stereocenters. The molecule has 0 aliphatic carbocycles. The molecular formula is C7H4N4O2. The molecule has 0 radical (unpaired) electrons. The van der Waals surface area contributed by atoms with Crippen LogP contribution >= 0.6 is 0 Å². The van der Waals surface area contributed by atoms with Crippen LogP contribution < -0.4 is 5.56 Å². The Kier molecular flexibility index (Phi) is 1.54. The second-order valence-electron chi connectivity index (χ2n) is 2.31. The second-order valence-corrected chi connectivity index (χ2v) is 2.31. The van der Waals surface area contributed by atoms with E-state index in [9.17, 15) is 9.59 Å². The van der Waals surface area contributed by atoms with Gasteiger partial charge in [0, 0.05) is 12.4 Å². The first kappa shape index (κ1) is 7.45. The molecule has 6 heteroatoms. The third-order valence-corrected chi connectivity index (χ3v) is 1.59. The summed E-state index contributed by atoms with van der Waals surface area (Å²) in [7, 11) is 0. The molecule has 0 fully saturated rings. The summed E-state index contributed by atoms with van der Waals surface area (Å²) in [6, 6.07) is 0. The van der Waals surface area contributed by atoms with Crippen molar-refractivity contribution in [1.82, 2.24) is 14.4 Å². The molecule has 64 valence electrons. The van der Waals surface area contributed by atoms with Crippen molar-refractivity contribution in [2.24, 2.45) is 4.99 Å². The molecule has 2 heterocycles. The number of aliphatic imine (C=N–C) groups is 1. The Morgan fingerprint density at radius 2 is 2.46 bits per heavy atom. The van der Waals surface area contributed by atoms with Crippen LogP contribution in [0.2, 0.25) is 0 Å². The molecule has 0 amide bonds. The van der Waals surface area contributed by atoms with Gasteiger partial charge in [0.05, 0.1) is 6.20 Å². The fourth-order valence-electron chi connectivity index (χ4n) is 1.05. The van der Waals surface area contributed by atoms with Crippen LogP contribution in [0.4, 0.5) is 5.95 Å². The Bertz CT molecular complexity index is 547. The molecule has 2 rings (SSSR count). The van der Waals surface area contributed by atoms with E-state index in [0.29, 0.717) is 5.52 Å². The van der Waals surface area contributed by atoms with Gasteiger partial charge in [0.15, 0.2) is 0 Å². The molecule has 0 aliphatic heterocycles. The zero-order valence-electron chi connectivity index (χ0n) is 6.39. The largest absolute Gasteiger partial charge is 0.326 e. The fraction of sp³-hybridized carbons (Fsp3) is 0. The number of nitrogens with one attached hydrogen (secondary N) is 1. The molecule has 0 atom stereocenters. The first-order valence-corrected chi connectivity index (χ1v) is 3.45. The molecule has 0 bridgehead atoms. The highest BCUT2D eigenvalue weighted by atomic mass is 16.1. The molecule has 0 saturated heterocycles. The van der Waals surface area contributed by atoms with E-state index >= 15 is 0 Å². The number of fused-ring (bicyclic) bond motifs is 1. The lowest BCUT2D eigenvalue weighted by Crippen LogP contribution is -2.06. The Morgan fingerprint density at radius 3 is 3.23 bits per heavy atom. The number of nitrogens with zero attached hydrogens (tertiary/aromatic N) is 3. The van der Waals surface area contributed by atoms with Crippen LogP contribution in [0.15, 0.2) is 28.4 Å². The number of aromatic amines is 1. The second kappa shape index (κ2) is 2.69. The third-order valence-electron chi connectivity index (χ3n) is 1.59. The van der Waals surface area contributed by atoms with Crippen LogP contribution in [0, 0.1) is 0 Å². The van der Waals surface area contributed by atoms with Crippen molar-refractivity contribution in [2.45, 2.75) is 0 Å². The zero-order chi connectivity index (χ0) is 9.26. The van der Waals surface area contributed by atoms with E-state index in [1.54, 1.807) is 6.20 Å². The summed E-state index contributed by atoms with van der Waals surface area (Å²) in [4.78, 5) is 30.7. The summed E-state index contributed by atoms with van der Waals surface area (Å²) >= 11 is 0. The van der Waals surface area contributed by atoms with Gasteiger partial charge in [-0.05, 0) is 0 Å². The summed E-state index contributed by atoms with van der Waals surface area (Å²) in [5.74, 6) is 0.149. The monoisotopic (exact) mass is 176 g/mol. The van der Waals surface area contributed by atoms with E-state index in [1.807, 2.05) is 0 Å². The summed E-state index contributed by atoms with van der Waals surface area (Å²) in [6.07, 6.45) is 5.70. The maximum absolute atomic E-state index is 11.1. The quantitative estimate of drug-likeness (QED) is 0.490. The van der Waals surface area contributed by atoms with Gasteiger partial charge in [-0.15, -0.1) is 4.99 Å². The van der Waals surface area contributed by atoms with Gasteiger partial charge in [0.1, 0.15) is 5.52 Å². The van der Waals surface area contributed by atoms with Gasteiger partial charge < -0.3 is 4.98 Å². The predicted molar refractivity (Wildman–Crippen MR) is 43.6 cm³/mol. The number of carbonyl (C=O) groups excluding carboxylic acids is 1. The summed E-state index contributed by atoms with van der Waals surface area (Å²) in [5.41, 5.74) is 0.0684. The number of rotatable bonds is 1. The topological polar surface area (TPSA) is 79.6 Å². The number of imidazole rings is 1. The van der Waals surface area contributed by atoms with Crippen LogP contribution in [0.25, 0.3) is 5.52 Å². The minimum absolute atomic E-state index is 0.149. The van der Waals surface area contributed by atoms with Crippen LogP contribution in [0.1, 0.15) is 0 Å². The van der Waals surface area contributed by atoms with Crippen molar-refractivity contribution in [3.63, 3.8) is 0 Å². The lowest BCUT2D eigenvalue weighted by atomic mass is 10.6. The molecule has 2 aromatic heterocycles. The van der Waals surface area contributed by atoms with E-state index < -0.39 is 0 Å². The summed E-state index contributed by atoms with van der Waals surface area (Å²) in [6.45, 7) is 0.